The largest absolute Gasteiger partial charge is 0.466 e. The lowest BCUT2D eigenvalue weighted by Gasteiger charge is -2.26. The lowest BCUT2D eigenvalue weighted by molar-refractivity contribution is 0.107. The summed E-state index contributed by atoms with van der Waals surface area (Å²) in [5.74, 6) is -0.275. The standard InChI is InChI=1S/C25H25FN8O2/c1-16(32-19-4-6-33(15-29)7-5-19)21(11-28)17-8-24-31-13-20(10-27)34(24)25(9-17)36-23(14-35)22-3-2-18(26)12-30-22/h2-3,8-9,11-13,19,23,35H,4-7,14,28H2,1H3/b21-11+,32-16?. The smallest absolute Gasteiger partial charge is 0.201 e. The van der Waals surface area contributed by atoms with Crippen molar-refractivity contribution in [1.82, 2.24) is 19.3 Å². The summed E-state index contributed by atoms with van der Waals surface area (Å²) in [5, 5.41) is 28.6. The van der Waals surface area contributed by atoms with Crippen molar-refractivity contribution in [2.75, 3.05) is 19.7 Å². The number of imidazole rings is 1. The molecule has 184 valence electrons. The molecule has 0 spiro atoms. The van der Waals surface area contributed by atoms with Crippen LogP contribution in [0.15, 0.2) is 47.9 Å². The SMILES string of the molecule is CC(=NC1CCN(C#N)CC1)/C(=C\N)c1cc(OC(CO)c2ccc(F)cn2)n2c(C#N)cnc2c1. The third-order valence-electron chi connectivity index (χ3n) is 6.05. The van der Waals surface area contributed by atoms with Crippen LogP contribution in [0.2, 0.25) is 0 Å². The van der Waals surface area contributed by atoms with Crippen LogP contribution in [0.25, 0.3) is 11.2 Å². The number of aliphatic hydroxyl groups excluding tert-OH is 1. The Bertz CT molecular complexity index is 1380. The summed E-state index contributed by atoms with van der Waals surface area (Å²) < 4.78 is 21.0. The highest BCUT2D eigenvalue weighted by molar-refractivity contribution is 6.22. The van der Waals surface area contributed by atoms with Gasteiger partial charge in [-0.3, -0.25) is 14.4 Å². The number of hydrogen-bond acceptors (Lipinski definition) is 9. The quantitative estimate of drug-likeness (QED) is 0.381. The molecule has 4 rings (SSSR count). The monoisotopic (exact) mass is 488 g/mol. The molecular formula is C25H25FN8O2. The van der Waals surface area contributed by atoms with Crippen LogP contribution >= 0.6 is 0 Å². The Labute approximate surface area is 207 Å². The van der Waals surface area contributed by atoms with Gasteiger partial charge in [-0.15, -0.1) is 0 Å². The van der Waals surface area contributed by atoms with Gasteiger partial charge in [-0.2, -0.15) is 10.5 Å². The number of hydrogen-bond donors (Lipinski definition) is 2. The zero-order chi connectivity index (χ0) is 25.7. The number of fused-ring (bicyclic) bond motifs is 1. The third kappa shape index (κ3) is 5.11. The Hall–Kier alpha value is -4.48. The summed E-state index contributed by atoms with van der Waals surface area (Å²) in [4.78, 5) is 14.9. The van der Waals surface area contributed by atoms with E-state index < -0.39 is 18.5 Å². The second-order valence-corrected chi connectivity index (χ2v) is 8.33. The highest BCUT2D eigenvalue weighted by atomic mass is 19.1. The van der Waals surface area contributed by atoms with E-state index in [0.717, 1.165) is 19.0 Å². The molecule has 11 heteroatoms. The Morgan fingerprint density at radius 3 is 2.69 bits per heavy atom. The fraction of sp³-hybridized carbons (Fsp3) is 0.320. The van der Waals surface area contributed by atoms with Crippen LogP contribution in [-0.2, 0) is 0 Å². The number of allylic oxidation sites excluding steroid dienone is 1. The Morgan fingerprint density at radius 1 is 1.31 bits per heavy atom. The normalized spacial score (nSPS) is 16.0. The molecule has 3 aromatic heterocycles. The van der Waals surface area contributed by atoms with E-state index in [9.17, 15) is 14.8 Å². The van der Waals surface area contributed by atoms with E-state index in [1.54, 1.807) is 17.0 Å². The van der Waals surface area contributed by atoms with Gasteiger partial charge in [0.2, 0.25) is 5.88 Å². The molecule has 0 aliphatic carbocycles. The zero-order valence-corrected chi connectivity index (χ0v) is 19.7. The highest BCUT2D eigenvalue weighted by Gasteiger charge is 2.21. The lowest BCUT2D eigenvalue weighted by atomic mass is 10.0. The minimum absolute atomic E-state index is 0.0731. The Morgan fingerprint density at radius 2 is 2.08 bits per heavy atom. The van der Waals surface area contributed by atoms with Crippen LogP contribution in [0.5, 0.6) is 5.88 Å². The van der Waals surface area contributed by atoms with Crippen molar-refractivity contribution in [2.45, 2.75) is 31.9 Å². The number of pyridine rings is 2. The van der Waals surface area contributed by atoms with Gasteiger partial charge in [0.15, 0.2) is 12.3 Å². The second-order valence-electron chi connectivity index (χ2n) is 8.33. The molecule has 0 radical (unpaired) electrons. The van der Waals surface area contributed by atoms with Gasteiger partial charge in [0.25, 0.3) is 0 Å². The summed E-state index contributed by atoms with van der Waals surface area (Å²) in [6, 6.07) is 8.27. The number of halogens is 1. The molecule has 4 heterocycles. The van der Waals surface area contributed by atoms with E-state index in [2.05, 4.69) is 22.2 Å². The first-order valence-electron chi connectivity index (χ1n) is 11.4. The van der Waals surface area contributed by atoms with Crippen LogP contribution in [0, 0.1) is 28.6 Å². The van der Waals surface area contributed by atoms with Gasteiger partial charge < -0.3 is 20.5 Å². The number of aliphatic hydroxyl groups is 1. The molecule has 36 heavy (non-hydrogen) atoms. The number of aliphatic imine (C=N–C) groups is 1. The van der Waals surface area contributed by atoms with E-state index in [1.165, 1.54) is 28.9 Å². The third-order valence-corrected chi connectivity index (χ3v) is 6.05. The summed E-state index contributed by atoms with van der Waals surface area (Å²) >= 11 is 0. The van der Waals surface area contributed by atoms with E-state index in [1.807, 2.05) is 6.92 Å². The number of nitriles is 2. The minimum atomic E-state index is -0.914. The molecule has 3 aromatic rings. The molecule has 1 unspecified atom stereocenters. The molecule has 1 aliphatic heterocycles. The van der Waals surface area contributed by atoms with E-state index >= 15 is 0 Å². The van der Waals surface area contributed by atoms with Crippen molar-refractivity contribution in [3.05, 3.63) is 65.6 Å². The van der Waals surface area contributed by atoms with Gasteiger partial charge in [-0.05, 0) is 43.5 Å². The molecule has 1 aliphatic rings. The van der Waals surface area contributed by atoms with E-state index in [-0.39, 0.29) is 17.6 Å². The average Bonchev–Trinajstić information content (AvgIpc) is 3.32. The van der Waals surface area contributed by atoms with Crippen LogP contribution < -0.4 is 10.5 Å². The summed E-state index contributed by atoms with van der Waals surface area (Å²) in [6.45, 7) is 2.76. The van der Waals surface area contributed by atoms with Crippen LogP contribution in [0.1, 0.15) is 42.8 Å². The molecule has 1 fully saturated rings. The van der Waals surface area contributed by atoms with Crippen LogP contribution in [0.3, 0.4) is 0 Å². The lowest BCUT2D eigenvalue weighted by Crippen LogP contribution is -2.32. The molecule has 0 saturated carbocycles. The van der Waals surface area contributed by atoms with E-state index in [4.69, 9.17) is 20.7 Å². The van der Waals surface area contributed by atoms with Crippen molar-refractivity contribution in [3.63, 3.8) is 0 Å². The molecule has 0 aromatic carbocycles. The van der Waals surface area contributed by atoms with Crippen molar-refractivity contribution >= 4 is 16.9 Å². The van der Waals surface area contributed by atoms with Crippen molar-refractivity contribution in [1.29, 1.82) is 10.5 Å². The summed E-state index contributed by atoms with van der Waals surface area (Å²) in [5.41, 5.74) is 9.06. The molecule has 1 atom stereocenters. The minimum Gasteiger partial charge on any atom is -0.466 e. The second kappa shape index (κ2) is 10.8. The van der Waals surface area contributed by atoms with Crippen molar-refractivity contribution < 1.29 is 14.2 Å². The average molecular weight is 489 g/mol. The van der Waals surface area contributed by atoms with Crippen LogP contribution in [-0.4, -0.2) is 55.8 Å². The number of nitrogens with two attached hydrogens (primary N) is 1. The number of rotatable bonds is 7. The van der Waals surface area contributed by atoms with Gasteiger partial charge in [0, 0.05) is 36.6 Å². The number of likely N-dealkylation sites (tertiary alicyclic amines) is 1. The van der Waals surface area contributed by atoms with Crippen LogP contribution in [0.4, 0.5) is 4.39 Å². The zero-order valence-electron chi connectivity index (χ0n) is 19.7. The van der Waals surface area contributed by atoms with Crippen molar-refractivity contribution in [2.24, 2.45) is 10.7 Å². The fourth-order valence-electron chi connectivity index (χ4n) is 4.18. The predicted molar refractivity (Wildman–Crippen MR) is 130 cm³/mol. The maximum absolute atomic E-state index is 13.3. The first-order chi connectivity index (χ1) is 17.5. The molecule has 1 saturated heterocycles. The topological polar surface area (TPSA) is 149 Å². The Kier molecular flexibility index (Phi) is 7.42. The van der Waals surface area contributed by atoms with Crippen molar-refractivity contribution in [3.8, 4) is 18.1 Å². The maximum Gasteiger partial charge on any atom is 0.201 e. The van der Waals surface area contributed by atoms with E-state index in [0.29, 0.717) is 41.3 Å². The number of ether oxygens (including phenoxy) is 1. The molecule has 3 N–H and O–H groups in total. The predicted octanol–water partition coefficient (Wildman–Crippen LogP) is 2.56. The maximum atomic E-state index is 13.3. The van der Waals surface area contributed by atoms with Gasteiger partial charge in [-0.1, -0.05) is 0 Å². The van der Waals surface area contributed by atoms with Gasteiger partial charge in [0.05, 0.1) is 30.7 Å². The molecule has 0 bridgehead atoms. The molecular weight excluding hydrogens is 463 g/mol. The fourth-order valence-corrected chi connectivity index (χ4v) is 4.18. The number of aromatic nitrogens is 3. The highest BCUT2D eigenvalue weighted by Crippen LogP contribution is 2.29. The number of nitrogens with zero attached hydrogens (tertiary/aromatic N) is 7. The number of piperidine rings is 1. The summed E-state index contributed by atoms with van der Waals surface area (Å²) in [6.07, 6.45) is 6.71. The van der Waals surface area contributed by atoms with Gasteiger partial charge in [-0.25, -0.2) is 9.37 Å². The summed E-state index contributed by atoms with van der Waals surface area (Å²) in [7, 11) is 0. The first-order valence-corrected chi connectivity index (χ1v) is 11.4. The van der Waals surface area contributed by atoms with Gasteiger partial charge in [0.1, 0.15) is 23.2 Å². The molecule has 0 amide bonds. The van der Waals surface area contributed by atoms with Gasteiger partial charge >= 0.3 is 0 Å². The molecule has 10 nitrogen and oxygen atoms in total. The Balaban J connectivity index is 1.71. The first kappa shape index (κ1) is 24.6.